The van der Waals surface area contributed by atoms with E-state index in [1.54, 1.807) is 0 Å². The Morgan fingerprint density at radius 1 is 0.941 bits per heavy atom. The molecule has 0 aromatic rings. The average Bonchev–Trinajstić information content (AvgIpc) is 2.27. The maximum absolute atomic E-state index is 4.24. The van der Waals surface area contributed by atoms with Crippen molar-refractivity contribution in [2.75, 3.05) is 25.9 Å². The van der Waals surface area contributed by atoms with E-state index in [2.05, 4.69) is 24.6 Å². The van der Waals surface area contributed by atoms with Gasteiger partial charge in [-0.1, -0.05) is 38.5 Å². The highest BCUT2D eigenvalue weighted by Crippen LogP contribution is 2.26. The van der Waals surface area contributed by atoms with Crippen LogP contribution < -0.4 is 0 Å². The van der Waals surface area contributed by atoms with Gasteiger partial charge in [0.15, 0.2) is 0 Å². The topological polar surface area (TPSA) is 3.24 Å². The summed E-state index contributed by atoms with van der Waals surface area (Å²) in [6.45, 7) is 2.66. The Balaban J connectivity index is 1.76. The zero-order valence-electron chi connectivity index (χ0n) is 11.7. The molecule has 17 heavy (non-hydrogen) atoms. The van der Waals surface area contributed by atoms with E-state index in [0.717, 1.165) is 11.7 Å². The minimum absolute atomic E-state index is 1.03. The van der Waals surface area contributed by atoms with Crippen LogP contribution in [0, 0.1) is 5.92 Å². The first-order chi connectivity index (χ1) is 8.33. The third kappa shape index (κ3) is 8.10. The fourth-order valence-corrected chi connectivity index (χ4v) is 2.81. The summed E-state index contributed by atoms with van der Waals surface area (Å²) in [5, 5.41) is 0. The number of hydrogen-bond donors (Lipinski definition) is 1. The summed E-state index contributed by atoms with van der Waals surface area (Å²) in [5.41, 5.74) is 0. The average molecular weight is 257 g/mol. The summed E-state index contributed by atoms with van der Waals surface area (Å²) in [7, 11) is 2.30. The van der Waals surface area contributed by atoms with Gasteiger partial charge in [-0.15, -0.1) is 0 Å². The van der Waals surface area contributed by atoms with Gasteiger partial charge in [0.2, 0.25) is 0 Å². The van der Waals surface area contributed by atoms with Crippen LogP contribution in [-0.4, -0.2) is 30.8 Å². The molecular formula is C15H31NS. The molecule has 0 atom stereocenters. The minimum Gasteiger partial charge on any atom is -0.306 e. The largest absolute Gasteiger partial charge is 0.306 e. The van der Waals surface area contributed by atoms with Crippen LogP contribution in [0.5, 0.6) is 0 Å². The van der Waals surface area contributed by atoms with Crippen molar-refractivity contribution in [3.63, 3.8) is 0 Å². The Hall–Kier alpha value is 0.310. The van der Waals surface area contributed by atoms with Gasteiger partial charge in [0, 0.05) is 6.54 Å². The maximum Gasteiger partial charge on any atom is 0.000661 e. The van der Waals surface area contributed by atoms with E-state index < -0.39 is 0 Å². The zero-order valence-corrected chi connectivity index (χ0v) is 12.6. The van der Waals surface area contributed by atoms with Gasteiger partial charge in [-0.25, -0.2) is 0 Å². The highest BCUT2D eigenvalue weighted by Gasteiger charge is 2.18. The summed E-state index contributed by atoms with van der Waals surface area (Å²) in [6.07, 6.45) is 14.2. The molecule has 1 rings (SSSR count). The molecule has 1 aliphatic rings. The summed E-state index contributed by atoms with van der Waals surface area (Å²) in [5.74, 6) is 2.09. The lowest BCUT2D eigenvalue weighted by atomic mass is 9.85. The standard InChI is InChI=1S/C15H31NS/c1-16(14-15-10-9-11-15)12-7-5-3-2-4-6-8-13-17/h15,17H,2-14H2,1H3. The van der Waals surface area contributed by atoms with Crippen LogP contribution >= 0.6 is 12.6 Å². The molecule has 2 heteroatoms. The molecule has 0 amide bonds. The quantitative estimate of drug-likeness (QED) is 0.425. The fraction of sp³-hybridized carbons (Fsp3) is 1.00. The molecule has 1 saturated carbocycles. The molecular weight excluding hydrogens is 226 g/mol. The lowest BCUT2D eigenvalue weighted by molar-refractivity contribution is 0.203. The normalized spacial score (nSPS) is 16.4. The molecule has 0 N–H and O–H groups in total. The van der Waals surface area contributed by atoms with E-state index in [1.165, 1.54) is 77.3 Å². The van der Waals surface area contributed by atoms with E-state index in [0.29, 0.717) is 0 Å². The first-order valence-corrected chi connectivity index (χ1v) is 8.25. The van der Waals surface area contributed by atoms with Crippen LogP contribution in [-0.2, 0) is 0 Å². The van der Waals surface area contributed by atoms with Crippen molar-refractivity contribution in [3.05, 3.63) is 0 Å². The predicted octanol–water partition coefficient (Wildman–Crippen LogP) is 4.38. The SMILES string of the molecule is CN(CCCCCCCCCS)CC1CCC1. The van der Waals surface area contributed by atoms with Gasteiger partial charge in [0.25, 0.3) is 0 Å². The molecule has 0 aliphatic heterocycles. The van der Waals surface area contributed by atoms with Gasteiger partial charge in [-0.2, -0.15) is 12.6 Å². The van der Waals surface area contributed by atoms with Gasteiger partial charge in [-0.05, 0) is 50.9 Å². The van der Waals surface area contributed by atoms with Gasteiger partial charge < -0.3 is 4.90 Å². The molecule has 0 bridgehead atoms. The van der Waals surface area contributed by atoms with Gasteiger partial charge >= 0.3 is 0 Å². The van der Waals surface area contributed by atoms with Crippen LogP contribution in [0.2, 0.25) is 0 Å². The molecule has 0 aromatic carbocycles. The molecule has 102 valence electrons. The summed E-state index contributed by atoms with van der Waals surface area (Å²) >= 11 is 4.24. The smallest absolute Gasteiger partial charge is 0.000661 e. The molecule has 1 fully saturated rings. The Morgan fingerprint density at radius 2 is 1.53 bits per heavy atom. The van der Waals surface area contributed by atoms with E-state index >= 15 is 0 Å². The number of rotatable bonds is 11. The lowest BCUT2D eigenvalue weighted by Crippen LogP contribution is -2.30. The maximum atomic E-state index is 4.24. The summed E-state index contributed by atoms with van der Waals surface area (Å²) < 4.78 is 0. The van der Waals surface area contributed by atoms with Crippen molar-refractivity contribution in [2.45, 2.75) is 64.2 Å². The van der Waals surface area contributed by atoms with E-state index in [1.807, 2.05) is 0 Å². The first-order valence-electron chi connectivity index (χ1n) is 7.62. The van der Waals surface area contributed by atoms with Crippen molar-refractivity contribution in [1.82, 2.24) is 4.90 Å². The Morgan fingerprint density at radius 3 is 2.06 bits per heavy atom. The summed E-state index contributed by atoms with van der Waals surface area (Å²) in [6, 6.07) is 0. The van der Waals surface area contributed by atoms with Crippen LogP contribution in [0.15, 0.2) is 0 Å². The minimum atomic E-state index is 1.03. The van der Waals surface area contributed by atoms with Crippen molar-refractivity contribution in [2.24, 2.45) is 5.92 Å². The molecule has 1 aliphatic carbocycles. The highest BCUT2D eigenvalue weighted by molar-refractivity contribution is 7.80. The molecule has 1 nitrogen and oxygen atoms in total. The van der Waals surface area contributed by atoms with Gasteiger partial charge in [0.1, 0.15) is 0 Å². The van der Waals surface area contributed by atoms with Crippen LogP contribution in [0.1, 0.15) is 64.2 Å². The third-order valence-electron chi connectivity index (χ3n) is 3.99. The summed E-state index contributed by atoms with van der Waals surface area (Å²) in [4.78, 5) is 2.55. The molecule has 0 aromatic heterocycles. The molecule has 0 spiro atoms. The van der Waals surface area contributed by atoms with Gasteiger partial charge in [-0.3, -0.25) is 0 Å². The number of thiol groups is 1. The predicted molar refractivity (Wildman–Crippen MR) is 81.0 cm³/mol. The third-order valence-corrected chi connectivity index (χ3v) is 4.31. The fourth-order valence-electron chi connectivity index (χ4n) is 2.58. The van der Waals surface area contributed by atoms with Crippen molar-refractivity contribution in [3.8, 4) is 0 Å². The van der Waals surface area contributed by atoms with Crippen LogP contribution in [0.4, 0.5) is 0 Å². The molecule has 0 radical (unpaired) electrons. The second-order valence-electron chi connectivity index (χ2n) is 5.76. The highest BCUT2D eigenvalue weighted by atomic mass is 32.1. The zero-order chi connectivity index (χ0) is 12.3. The Labute approximate surface area is 114 Å². The van der Waals surface area contributed by atoms with Crippen molar-refractivity contribution < 1.29 is 0 Å². The lowest BCUT2D eigenvalue weighted by Gasteiger charge is -2.30. The van der Waals surface area contributed by atoms with Crippen LogP contribution in [0.25, 0.3) is 0 Å². The molecule has 0 saturated heterocycles. The monoisotopic (exact) mass is 257 g/mol. The first kappa shape index (κ1) is 15.4. The van der Waals surface area contributed by atoms with E-state index in [4.69, 9.17) is 0 Å². The Kier molecular flexibility index (Phi) is 9.27. The van der Waals surface area contributed by atoms with Crippen LogP contribution in [0.3, 0.4) is 0 Å². The number of nitrogens with zero attached hydrogens (tertiary/aromatic N) is 1. The van der Waals surface area contributed by atoms with Crippen molar-refractivity contribution in [1.29, 1.82) is 0 Å². The van der Waals surface area contributed by atoms with E-state index in [-0.39, 0.29) is 0 Å². The Bertz CT molecular complexity index is 168. The second kappa shape index (κ2) is 10.3. The number of hydrogen-bond acceptors (Lipinski definition) is 2. The molecule has 0 heterocycles. The second-order valence-corrected chi connectivity index (χ2v) is 6.20. The van der Waals surface area contributed by atoms with Gasteiger partial charge in [0.05, 0.1) is 0 Å². The van der Waals surface area contributed by atoms with E-state index in [9.17, 15) is 0 Å². The number of unbranched alkanes of at least 4 members (excludes halogenated alkanes) is 6. The van der Waals surface area contributed by atoms with Crippen molar-refractivity contribution >= 4 is 12.6 Å². The molecule has 0 unspecified atom stereocenters.